The quantitative estimate of drug-likeness (QED) is 0.695. The maximum Gasteiger partial charge on any atom is 0.416 e. The zero-order chi connectivity index (χ0) is 11.6. The van der Waals surface area contributed by atoms with Crippen molar-refractivity contribution in [1.29, 1.82) is 0 Å². The molecule has 0 radical (unpaired) electrons. The molecule has 15 heavy (non-hydrogen) atoms. The number of benzene rings is 1. The van der Waals surface area contributed by atoms with Crippen molar-refractivity contribution >= 4 is 15.9 Å². The second-order valence-corrected chi connectivity index (χ2v) is 5.03. The Morgan fingerprint density at radius 1 is 1.20 bits per heavy atom. The lowest BCUT2D eigenvalue weighted by Crippen LogP contribution is -2.09. The molecule has 0 aliphatic carbocycles. The molecule has 0 amide bonds. The average Bonchev–Trinajstić information content (AvgIpc) is 2.15. The van der Waals surface area contributed by atoms with Crippen LogP contribution in [-0.2, 0) is 6.18 Å². The summed E-state index contributed by atoms with van der Waals surface area (Å²) in [6.07, 6.45) is -4.26. The highest BCUT2D eigenvalue weighted by atomic mass is 79.9. The van der Waals surface area contributed by atoms with Crippen LogP contribution in [0.25, 0.3) is 0 Å². The Balaban J connectivity index is 3.03. The van der Waals surface area contributed by atoms with Gasteiger partial charge in [0.2, 0.25) is 0 Å². The van der Waals surface area contributed by atoms with E-state index in [2.05, 4.69) is 15.9 Å². The fraction of sp³-hybridized carbons (Fsp3) is 0.455. The van der Waals surface area contributed by atoms with Gasteiger partial charge in [0.05, 0.1) is 5.56 Å². The minimum absolute atomic E-state index is 0.0623. The van der Waals surface area contributed by atoms with E-state index in [9.17, 15) is 13.2 Å². The zero-order valence-electron chi connectivity index (χ0n) is 8.48. The van der Waals surface area contributed by atoms with Gasteiger partial charge in [0.15, 0.2) is 0 Å². The average molecular weight is 281 g/mol. The zero-order valence-corrected chi connectivity index (χ0v) is 10.1. The highest BCUT2D eigenvalue weighted by molar-refractivity contribution is 9.09. The Kier molecular flexibility index (Phi) is 3.82. The van der Waals surface area contributed by atoms with E-state index in [0.717, 1.165) is 6.07 Å². The summed E-state index contributed by atoms with van der Waals surface area (Å²) in [5, 5.41) is 0. The van der Waals surface area contributed by atoms with Gasteiger partial charge in [-0.2, -0.15) is 13.2 Å². The summed E-state index contributed by atoms with van der Waals surface area (Å²) in [5.41, 5.74) is 0.120. The number of hydrogen-bond acceptors (Lipinski definition) is 0. The van der Waals surface area contributed by atoms with E-state index >= 15 is 0 Å². The van der Waals surface area contributed by atoms with Gasteiger partial charge < -0.3 is 0 Å². The van der Waals surface area contributed by atoms with Crippen molar-refractivity contribution in [2.45, 2.75) is 30.8 Å². The fourth-order valence-corrected chi connectivity index (χ4v) is 1.57. The van der Waals surface area contributed by atoms with Crippen molar-refractivity contribution in [3.05, 3.63) is 35.4 Å². The maximum absolute atomic E-state index is 12.4. The van der Waals surface area contributed by atoms with Crippen LogP contribution in [0, 0.1) is 0 Å². The first-order chi connectivity index (χ1) is 6.82. The fourth-order valence-electron chi connectivity index (χ4n) is 1.26. The molecule has 0 N–H and O–H groups in total. The number of hydrogen-bond donors (Lipinski definition) is 0. The van der Waals surface area contributed by atoms with Crippen molar-refractivity contribution in [1.82, 2.24) is 0 Å². The van der Waals surface area contributed by atoms with Crippen LogP contribution in [-0.4, -0.2) is 4.83 Å². The standard InChI is InChI=1S/C11H12BrF3/c1-7(8(2)12)9-4-3-5-10(6-9)11(13,14)15/h3-8H,1-2H3. The van der Waals surface area contributed by atoms with Gasteiger partial charge in [-0.15, -0.1) is 0 Å². The molecular formula is C11H12BrF3. The lowest BCUT2D eigenvalue weighted by atomic mass is 9.97. The third-order valence-electron chi connectivity index (χ3n) is 2.43. The van der Waals surface area contributed by atoms with Crippen molar-refractivity contribution in [2.24, 2.45) is 0 Å². The summed E-state index contributed by atoms with van der Waals surface area (Å²) in [6, 6.07) is 5.47. The van der Waals surface area contributed by atoms with E-state index in [4.69, 9.17) is 0 Å². The molecule has 84 valence electrons. The maximum atomic E-state index is 12.4. The molecule has 1 rings (SSSR count). The van der Waals surface area contributed by atoms with E-state index in [0.29, 0.717) is 5.56 Å². The Morgan fingerprint density at radius 3 is 2.27 bits per heavy atom. The second kappa shape index (κ2) is 4.56. The SMILES string of the molecule is CC(Br)C(C)c1cccc(C(F)(F)F)c1. The summed E-state index contributed by atoms with van der Waals surface area (Å²) < 4.78 is 37.3. The number of alkyl halides is 4. The molecule has 0 aromatic heterocycles. The molecule has 0 spiro atoms. The third-order valence-corrected chi connectivity index (χ3v) is 3.22. The number of halogens is 4. The highest BCUT2D eigenvalue weighted by Gasteiger charge is 2.30. The van der Waals surface area contributed by atoms with Crippen molar-refractivity contribution in [3.63, 3.8) is 0 Å². The van der Waals surface area contributed by atoms with Gasteiger partial charge in [-0.3, -0.25) is 0 Å². The summed E-state index contributed by atoms with van der Waals surface area (Å²) in [5.74, 6) is 0.0623. The van der Waals surface area contributed by atoms with E-state index in [-0.39, 0.29) is 10.7 Å². The van der Waals surface area contributed by atoms with Crippen LogP contribution in [0.4, 0.5) is 13.2 Å². The minimum Gasteiger partial charge on any atom is -0.166 e. The molecule has 0 nitrogen and oxygen atoms in total. The van der Waals surface area contributed by atoms with Gasteiger partial charge in [0.25, 0.3) is 0 Å². The smallest absolute Gasteiger partial charge is 0.166 e. The first-order valence-corrected chi connectivity index (χ1v) is 5.55. The molecule has 0 heterocycles. The summed E-state index contributed by atoms with van der Waals surface area (Å²) in [7, 11) is 0. The molecule has 0 fully saturated rings. The van der Waals surface area contributed by atoms with Crippen LogP contribution < -0.4 is 0 Å². The normalized spacial score (nSPS) is 16.1. The largest absolute Gasteiger partial charge is 0.416 e. The van der Waals surface area contributed by atoms with Crippen LogP contribution in [0.2, 0.25) is 0 Å². The Bertz CT molecular complexity index is 331. The molecule has 0 saturated heterocycles. The molecule has 1 aromatic carbocycles. The summed E-state index contributed by atoms with van der Waals surface area (Å²) in [4.78, 5) is 0.154. The van der Waals surface area contributed by atoms with Crippen LogP contribution >= 0.6 is 15.9 Å². The molecule has 0 bridgehead atoms. The highest BCUT2D eigenvalue weighted by Crippen LogP contribution is 2.32. The van der Waals surface area contributed by atoms with Gasteiger partial charge in [-0.05, 0) is 17.5 Å². The van der Waals surface area contributed by atoms with Crippen LogP contribution in [0.1, 0.15) is 30.9 Å². The molecule has 1 aromatic rings. The Hall–Kier alpha value is -0.510. The van der Waals surface area contributed by atoms with Gasteiger partial charge in [-0.1, -0.05) is 48.0 Å². The molecule has 0 saturated carbocycles. The molecular weight excluding hydrogens is 269 g/mol. The van der Waals surface area contributed by atoms with Crippen molar-refractivity contribution < 1.29 is 13.2 Å². The molecule has 2 unspecified atom stereocenters. The number of rotatable bonds is 2. The van der Waals surface area contributed by atoms with Crippen molar-refractivity contribution in [2.75, 3.05) is 0 Å². The van der Waals surface area contributed by atoms with Crippen LogP contribution in [0.3, 0.4) is 0 Å². The van der Waals surface area contributed by atoms with Crippen molar-refractivity contribution in [3.8, 4) is 0 Å². The topological polar surface area (TPSA) is 0 Å². The van der Waals surface area contributed by atoms with Crippen LogP contribution in [0.5, 0.6) is 0 Å². The molecule has 0 aliphatic rings. The van der Waals surface area contributed by atoms with Crippen LogP contribution in [0.15, 0.2) is 24.3 Å². The first kappa shape index (κ1) is 12.6. The monoisotopic (exact) mass is 280 g/mol. The Morgan fingerprint density at radius 2 is 1.80 bits per heavy atom. The predicted octanol–water partition coefficient (Wildman–Crippen LogP) is 4.59. The van der Waals surface area contributed by atoms with Gasteiger partial charge >= 0.3 is 6.18 Å². The van der Waals surface area contributed by atoms with Gasteiger partial charge in [0, 0.05) is 4.83 Å². The first-order valence-electron chi connectivity index (χ1n) is 4.63. The van der Waals surface area contributed by atoms with E-state index in [1.165, 1.54) is 12.1 Å². The lowest BCUT2D eigenvalue weighted by Gasteiger charge is -2.16. The molecule has 2 atom stereocenters. The minimum atomic E-state index is -4.26. The van der Waals surface area contributed by atoms with E-state index < -0.39 is 11.7 Å². The van der Waals surface area contributed by atoms with E-state index in [1.54, 1.807) is 6.07 Å². The Labute approximate surface area is 95.6 Å². The summed E-state index contributed by atoms with van der Waals surface area (Å²) in [6.45, 7) is 3.82. The lowest BCUT2D eigenvalue weighted by molar-refractivity contribution is -0.137. The van der Waals surface area contributed by atoms with Gasteiger partial charge in [-0.25, -0.2) is 0 Å². The predicted molar refractivity (Wildman–Crippen MR) is 58.2 cm³/mol. The molecule has 4 heteroatoms. The molecule has 0 aliphatic heterocycles. The third kappa shape index (κ3) is 3.23. The second-order valence-electron chi connectivity index (χ2n) is 3.59. The summed E-state index contributed by atoms with van der Waals surface area (Å²) >= 11 is 3.37. The van der Waals surface area contributed by atoms with E-state index in [1.807, 2.05) is 13.8 Å². The van der Waals surface area contributed by atoms with Gasteiger partial charge in [0.1, 0.15) is 0 Å².